The number of carbonyl (C=O) groups excluding carboxylic acids is 1. The topological polar surface area (TPSA) is 47.3 Å². The average Bonchev–Trinajstić information content (AvgIpc) is 2.82. The fourth-order valence-corrected chi connectivity index (χ4v) is 1.90. The third kappa shape index (κ3) is 2.22. The lowest BCUT2D eigenvalue weighted by molar-refractivity contribution is 0.112. The molecule has 4 nitrogen and oxygen atoms in total. The van der Waals surface area contributed by atoms with Gasteiger partial charge in [-0.2, -0.15) is 5.10 Å². The highest BCUT2D eigenvalue weighted by molar-refractivity contribution is 5.74. The third-order valence-corrected chi connectivity index (χ3v) is 2.84. The van der Waals surface area contributed by atoms with Crippen LogP contribution in [0, 0.1) is 5.82 Å². The maximum Gasteiger partial charge on any atom is 0.156 e. The van der Waals surface area contributed by atoms with Crippen LogP contribution in [0.3, 0.4) is 0 Å². The Labute approximate surface area is 108 Å². The molecule has 0 aliphatic rings. The van der Waals surface area contributed by atoms with Crippen molar-refractivity contribution in [1.82, 2.24) is 14.6 Å². The molecular weight excluding hydrogens is 245 g/mol. The molecule has 3 rings (SSSR count). The summed E-state index contributed by atoms with van der Waals surface area (Å²) in [6, 6.07) is 9.92. The number of carbonyl (C=O) groups is 1. The Hall–Kier alpha value is -2.56. The lowest BCUT2D eigenvalue weighted by Gasteiger charge is -1.98. The standard InChI is InChI=1S/C14H10FN3O/c15-12-4-2-1-3-11(12)7-13-16-14-6-5-10(9-19)8-18(14)17-13/h1-6,8-9H,7H2. The van der Waals surface area contributed by atoms with Crippen molar-refractivity contribution in [2.75, 3.05) is 0 Å². The number of rotatable bonds is 3. The van der Waals surface area contributed by atoms with Crippen LogP contribution >= 0.6 is 0 Å². The average molecular weight is 255 g/mol. The van der Waals surface area contributed by atoms with Gasteiger partial charge < -0.3 is 0 Å². The van der Waals surface area contributed by atoms with Crippen molar-refractivity contribution in [3.05, 3.63) is 65.4 Å². The van der Waals surface area contributed by atoms with Gasteiger partial charge in [-0.25, -0.2) is 13.9 Å². The van der Waals surface area contributed by atoms with Crippen LogP contribution in [0.2, 0.25) is 0 Å². The van der Waals surface area contributed by atoms with Crippen LogP contribution in [0.25, 0.3) is 5.65 Å². The van der Waals surface area contributed by atoms with E-state index in [4.69, 9.17) is 0 Å². The van der Waals surface area contributed by atoms with Crippen molar-refractivity contribution in [2.24, 2.45) is 0 Å². The molecule has 2 aromatic heterocycles. The monoisotopic (exact) mass is 255 g/mol. The molecule has 1 aromatic carbocycles. The minimum absolute atomic E-state index is 0.269. The minimum atomic E-state index is -0.269. The van der Waals surface area contributed by atoms with Gasteiger partial charge in [-0.1, -0.05) is 18.2 Å². The molecule has 0 N–H and O–H groups in total. The van der Waals surface area contributed by atoms with E-state index in [-0.39, 0.29) is 5.82 Å². The van der Waals surface area contributed by atoms with Gasteiger partial charge in [-0.3, -0.25) is 4.79 Å². The summed E-state index contributed by atoms with van der Waals surface area (Å²) in [4.78, 5) is 15.0. The first-order valence-corrected chi connectivity index (χ1v) is 5.80. The molecule has 94 valence electrons. The summed E-state index contributed by atoms with van der Waals surface area (Å²) < 4.78 is 15.1. The van der Waals surface area contributed by atoms with E-state index in [2.05, 4.69) is 10.1 Å². The Morgan fingerprint density at radius 3 is 2.84 bits per heavy atom. The highest BCUT2D eigenvalue weighted by Gasteiger charge is 2.08. The molecule has 5 heteroatoms. The lowest BCUT2D eigenvalue weighted by atomic mass is 10.1. The van der Waals surface area contributed by atoms with Gasteiger partial charge >= 0.3 is 0 Å². The highest BCUT2D eigenvalue weighted by atomic mass is 19.1. The Morgan fingerprint density at radius 1 is 1.21 bits per heavy atom. The van der Waals surface area contributed by atoms with E-state index in [1.165, 1.54) is 10.6 Å². The molecule has 0 unspecified atom stereocenters. The van der Waals surface area contributed by atoms with Crippen molar-refractivity contribution in [1.29, 1.82) is 0 Å². The van der Waals surface area contributed by atoms with Crippen LogP contribution in [-0.2, 0) is 6.42 Å². The summed E-state index contributed by atoms with van der Waals surface area (Å²) in [5.41, 5.74) is 1.71. The van der Waals surface area contributed by atoms with Gasteiger partial charge in [0.25, 0.3) is 0 Å². The molecule has 0 saturated heterocycles. The van der Waals surface area contributed by atoms with Crippen LogP contribution in [0.5, 0.6) is 0 Å². The van der Waals surface area contributed by atoms with E-state index >= 15 is 0 Å². The molecule has 3 aromatic rings. The van der Waals surface area contributed by atoms with Gasteiger partial charge in [-0.05, 0) is 23.8 Å². The normalized spacial score (nSPS) is 10.8. The zero-order valence-corrected chi connectivity index (χ0v) is 9.95. The minimum Gasteiger partial charge on any atom is -0.298 e. The zero-order chi connectivity index (χ0) is 13.2. The van der Waals surface area contributed by atoms with Crippen LogP contribution in [-0.4, -0.2) is 20.9 Å². The number of pyridine rings is 1. The van der Waals surface area contributed by atoms with Crippen molar-refractivity contribution >= 4 is 11.9 Å². The second-order valence-electron chi connectivity index (χ2n) is 4.18. The van der Waals surface area contributed by atoms with Gasteiger partial charge in [0.1, 0.15) is 5.82 Å². The van der Waals surface area contributed by atoms with Crippen LogP contribution < -0.4 is 0 Å². The molecule has 0 aliphatic carbocycles. The third-order valence-electron chi connectivity index (χ3n) is 2.84. The lowest BCUT2D eigenvalue weighted by Crippen LogP contribution is -1.95. The molecule has 0 radical (unpaired) electrons. The van der Waals surface area contributed by atoms with Gasteiger partial charge in [0.2, 0.25) is 0 Å². The second-order valence-corrected chi connectivity index (χ2v) is 4.18. The van der Waals surface area contributed by atoms with Crippen LogP contribution in [0.1, 0.15) is 21.7 Å². The van der Waals surface area contributed by atoms with E-state index < -0.39 is 0 Å². The van der Waals surface area contributed by atoms with Crippen molar-refractivity contribution in [3.8, 4) is 0 Å². The van der Waals surface area contributed by atoms with Gasteiger partial charge in [-0.15, -0.1) is 0 Å². The zero-order valence-electron chi connectivity index (χ0n) is 9.95. The van der Waals surface area contributed by atoms with Crippen molar-refractivity contribution in [3.63, 3.8) is 0 Å². The Kier molecular flexibility index (Phi) is 2.79. The smallest absolute Gasteiger partial charge is 0.156 e. The van der Waals surface area contributed by atoms with Gasteiger partial charge in [0.05, 0.1) is 0 Å². The van der Waals surface area contributed by atoms with Crippen molar-refractivity contribution < 1.29 is 9.18 Å². The van der Waals surface area contributed by atoms with E-state index in [0.717, 1.165) is 6.29 Å². The quantitative estimate of drug-likeness (QED) is 0.674. The maximum atomic E-state index is 13.5. The Morgan fingerprint density at radius 2 is 2.05 bits per heavy atom. The molecule has 0 amide bonds. The van der Waals surface area contributed by atoms with Crippen LogP contribution in [0.4, 0.5) is 4.39 Å². The van der Waals surface area contributed by atoms with Crippen LogP contribution in [0.15, 0.2) is 42.6 Å². The summed E-state index contributed by atoms with van der Waals surface area (Å²) >= 11 is 0. The number of aldehydes is 1. The molecule has 2 heterocycles. The molecule has 0 aliphatic heterocycles. The number of halogens is 1. The number of hydrogen-bond donors (Lipinski definition) is 0. The SMILES string of the molecule is O=Cc1ccc2nc(Cc3ccccc3F)nn2c1. The number of fused-ring (bicyclic) bond motifs is 1. The number of hydrogen-bond acceptors (Lipinski definition) is 3. The maximum absolute atomic E-state index is 13.5. The Bertz CT molecular complexity index is 751. The van der Waals surface area contributed by atoms with Gasteiger partial charge in [0, 0.05) is 18.2 Å². The largest absolute Gasteiger partial charge is 0.298 e. The molecular formula is C14H10FN3O. The highest BCUT2D eigenvalue weighted by Crippen LogP contribution is 2.12. The molecule has 0 spiro atoms. The number of nitrogens with zero attached hydrogens (tertiary/aromatic N) is 3. The van der Waals surface area contributed by atoms with Gasteiger partial charge in [0.15, 0.2) is 17.8 Å². The fourth-order valence-electron chi connectivity index (χ4n) is 1.90. The van der Waals surface area contributed by atoms with Crippen molar-refractivity contribution in [2.45, 2.75) is 6.42 Å². The van der Waals surface area contributed by atoms with E-state index in [9.17, 15) is 9.18 Å². The summed E-state index contributed by atoms with van der Waals surface area (Å²) in [6.07, 6.45) is 2.67. The predicted octanol–water partition coefficient (Wildman–Crippen LogP) is 2.27. The van der Waals surface area contributed by atoms with E-state index in [0.29, 0.717) is 29.0 Å². The molecule has 0 fully saturated rings. The Balaban J connectivity index is 1.98. The first kappa shape index (κ1) is 11.5. The predicted molar refractivity (Wildman–Crippen MR) is 67.6 cm³/mol. The molecule has 0 atom stereocenters. The summed E-state index contributed by atoms with van der Waals surface area (Å²) in [6.45, 7) is 0. The van der Waals surface area contributed by atoms with E-state index in [1.54, 1.807) is 36.5 Å². The first-order chi connectivity index (χ1) is 9.26. The summed E-state index contributed by atoms with van der Waals surface area (Å²) in [5.74, 6) is 0.253. The first-order valence-electron chi connectivity index (χ1n) is 5.80. The number of benzene rings is 1. The second kappa shape index (κ2) is 4.61. The van der Waals surface area contributed by atoms with E-state index in [1.807, 2.05) is 0 Å². The summed E-state index contributed by atoms with van der Waals surface area (Å²) in [5, 5.41) is 4.24. The molecule has 19 heavy (non-hydrogen) atoms. The fraction of sp³-hybridized carbons (Fsp3) is 0.0714. The summed E-state index contributed by atoms with van der Waals surface area (Å²) in [7, 11) is 0. The molecule has 0 saturated carbocycles. The molecule has 0 bridgehead atoms. The number of aromatic nitrogens is 3.